The van der Waals surface area contributed by atoms with Gasteiger partial charge in [0.1, 0.15) is 9.84 Å². The summed E-state index contributed by atoms with van der Waals surface area (Å²) < 4.78 is 22.9. The molecule has 0 saturated heterocycles. The second-order valence-corrected chi connectivity index (χ2v) is 7.27. The molecule has 0 amide bonds. The fraction of sp³-hybridized carbons (Fsp3) is 1.00. The summed E-state index contributed by atoms with van der Waals surface area (Å²) in [6, 6.07) is 0.506. The van der Waals surface area contributed by atoms with Gasteiger partial charge in [0.25, 0.3) is 0 Å². The average molecular weight is 249 g/mol. The Labute approximate surface area is 101 Å². The van der Waals surface area contributed by atoms with Gasteiger partial charge in [0, 0.05) is 11.8 Å². The Hall–Kier alpha value is -0.0900. The monoisotopic (exact) mass is 249 g/mol. The van der Waals surface area contributed by atoms with Crippen molar-refractivity contribution >= 4 is 9.84 Å². The van der Waals surface area contributed by atoms with Crippen LogP contribution in [0.2, 0.25) is 0 Å². The van der Waals surface area contributed by atoms with Crippen molar-refractivity contribution in [2.45, 2.75) is 53.0 Å². The molecule has 0 rings (SSSR count). The van der Waals surface area contributed by atoms with Crippen molar-refractivity contribution in [2.75, 3.05) is 18.1 Å². The molecule has 98 valence electrons. The number of rotatable bonds is 9. The van der Waals surface area contributed by atoms with E-state index in [9.17, 15) is 8.42 Å². The minimum absolute atomic E-state index is 0.339. The summed E-state index contributed by atoms with van der Waals surface area (Å²) in [6.07, 6.45) is 2.51. The topological polar surface area (TPSA) is 46.2 Å². The first-order chi connectivity index (χ1) is 7.37. The predicted octanol–water partition coefficient (Wildman–Crippen LogP) is 2.23. The highest BCUT2D eigenvalue weighted by Gasteiger charge is 2.10. The van der Waals surface area contributed by atoms with Crippen molar-refractivity contribution < 1.29 is 8.42 Å². The van der Waals surface area contributed by atoms with Gasteiger partial charge in [0.05, 0.1) is 5.75 Å². The van der Waals surface area contributed by atoms with E-state index < -0.39 is 9.84 Å². The summed E-state index contributed by atoms with van der Waals surface area (Å²) in [5.41, 5.74) is 0. The number of sulfone groups is 1. The van der Waals surface area contributed by atoms with E-state index in [1.54, 1.807) is 0 Å². The van der Waals surface area contributed by atoms with Crippen LogP contribution in [0.5, 0.6) is 0 Å². The Morgan fingerprint density at radius 2 is 1.75 bits per heavy atom. The van der Waals surface area contributed by atoms with Crippen molar-refractivity contribution in [1.29, 1.82) is 0 Å². The van der Waals surface area contributed by atoms with Crippen molar-refractivity contribution in [3.63, 3.8) is 0 Å². The van der Waals surface area contributed by atoms with Crippen LogP contribution in [0.4, 0.5) is 0 Å². The van der Waals surface area contributed by atoms with Crippen LogP contribution >= 0.6 is 0 Å². The molecule has 1 N–H and O–H groups in total. The largest absolute Gasteiger partial charge is 0.314 e. The van der Waals surface area contributed by atoms with E-state index >= 15 is 0 Å². The maximum absolute atomic E-state index is 11.5. The third-order valence-corrected chi connectivity index (χ3v) is 4.48. The Morgan fingerprint density at radius 1 is 1.12 bits per heavy atom. The quantitative estimate of drug-likeness (QED) is 0.681. The first kappa shape index (κ1) is 15.9. The van der Waals surface area contributed by atoms with Crippen LogP contribution in [0.25, 0.3) is 0 Å². The molecular formula is C12H27NO2S. The van der Waals surface area contributed by atoms with Gasteiger partial charge in [-0.1, -0.05) is 27.7 Å². The fourth-order valence-corrected chi connectivity index (χ4v) is 3.04. The Kier molecular flexibility index (Phi) is 8.02. The lowest BCUT2D eigenvalue weighted by Gasteiger charge is -2.14. The average Bonchev–Trinajstić information content (AvgIpc) is 2.14. The molecule has 0 saturated carbocycles. The van der Waals surface area contributed by atoms with Crippen LogP contribution in [0.3, 0.4) is 0 Å². The van der Waals surface area contributed by atoms with Gasteiger partial charge in [-0.25, -0.2) is 8.42 Å². The molecule has 0 aliphatic carbocycles. The predicted molar refractivity (Wildman–Crippen MR) is 70.5 cm³/mol. The van der Waals surface area contributed by atoms with Crippen LogP contribution in [-0.4, -0.2) is 32.5 Å². The van der Waals surface area contributed by atoms with E-state index in [1.807, 2.05) is 6.92 Å². The Balaban J connectivity index is 3.65. The first-order valence-corrected chi connectivity index (χ1v) is 8.13. The molecule has 0 heterocycles. The molecule has 0 aliphatic rings. The van der Waals surface area contributed by atoms with E-state index in [2.05, 4.69) is 26.1 Å². The molecule has 4 heteroatoms. The zero-order chi connectivity index (χ0) is 12.6. The van der Waals surface area contributed by atoms with Crippen LogP contribution in [-0.2, 0) is 9.84 Å². The molecule has 0 radical (unpaired) electrons. The van der Waals surface area contributed by atoms with E-state index in [-0.39, 0.29) is 0 Å². The maximum atomic E-state index is 11.5. The van der Waals surface area contributed by atoms with Crippen molar-refractivity contribution in [2.24, 2.45) is 5.92 Å². The molecular weight excluding hydrogens is 222 g/mol. The van der Waals surface area contributed by atoms with E-state index in [0.717, 1.165) is 25.8 Å². The lowest BCUT2D eigenvalue weighted by molar-refractivity contribution is 0.449. The van der Waals surface area contributed by atoms with Crippen LogP contribution in [0, 0.1) is 5.92 Å². The second-order valence-electron chi connectivity index (χ2n) is 4.96. The molecule has 0 aromatic rings. The summed E-state index contributed by atoms with van der Waals surface area (Å²) in [7, 11) is -2.78. The Morgan fingerprint density at radius 3 is 2.25 bits per heavy atom. The maximum Gasteiger partial charge on any atom is 0.150 e. The van der Waals surface area contributed by atoms with Gasteiger partial charge in [-0.3, -0.25) is 0 Å². The molecule has 1 unspecified atom stereocenters. The molecule has 3 nitrogen and oxygen atoms in total. The van der Waals surface area contributed by atoms with E-state index in [0.29, 0.717) is 23.5 Å². The van der Waals surface area contributed by atoms with E-state index in [4.69, 9.17) is 0 Å². The molecule has 16 heavy (non-hydrogen) atoms. The van der Waals surface area contributed by atoms with Crippen molar-refractivity contribution in [3.05, 3.63) is 0 Å². The highest BCUT2D eigenvalue weighted by molar-refractivity contribution is 7.91. The molecule has 1 atom stereocenters. The zero-order valence-electron chi connectivity index (χ0n) is 11.1. The van der Waals surface area contributed by atoms with E-state index in [1.165, 1.54) is 0 Å². The number of hydrogen-bond acceptors (Lipinski definition) is 3. The highest BCUT2D eigenvalue weighted by atomic mass is 32.2. The summed E-state index contributed by atoms with van der Waals surface area (Å²) in [5, 5.41) is 3.37. The summed E-state index contributed by atoms with van der Waals surface area (Å²) in [6.45, 7) is 9.30. The number of hydrogen-bond donors (Lipinski definition) is 1. The van der Waals surface area contributed by atoms with Gasteiger partial charge >= 0.3 is 0 Å². The molecule has 0 aromatic carbocycles. The van der Waals surface area contributed by atoms with Gasteiger partial charge in [-0.2, -0.15) is 0 Å². The molecule has 0 bridgehead atoms. The highest BCUT2D eigenvalue weighted by Crippen LogP contribution is 2.07. The molecule has 0 fully saturated rings. The fourth-order valence-electron chi connectivity index (χ4n) is 1.60. The third-order valence-electron chi connectivity index (χ3n) is 2.54. The lowest BCUT2D eigenvalue weighted by atomic mass is 10.1. The SMILES string of the molecule is CCCS(=O)(=O)CCCC(C)CNC(C)C. The summed E-state index contributed by atoms with van der Waals surface area (Å²) >= 11 is 0. The first-order valence-electron chi connectivity index (χ1n) is 6.31. The van der Waals surface area contributed by atoms with Gasteiger partial charge in [0.15, 0.2) is 0 Å². The number of nitrogens with one attached hydrogen (secondary N) is 1. The van der Waals surface area contributed by atoms with Crippen LogP contribution in [0.15, 0.2) is 0 Å². The van der Waals surface area contributed by atoms with Crippen LogP contribution in [0.1, 0.15) is 47.0 Å². The third kappa shape index (κ3) is 9.16. The normalized spacial score (nSPS) is 14.3. The smallest absolute Gasteiger partial charge is 0.150 e. The van der Waals surface area contributed by atoms with Gasteiger partial charge in [-0.05, 0) is 31.7 Å². The zero-order valence-corrected chi connectivity index (χ0v) is 11.9. The van der Waals surface area contributed by atoms with Gasteiger partial charge in [0.2, 0.25) is 0 Å². The molecule has 0 aromatic heterocycles. The summed E-state index contributed by atoms with van der Waals surface area (Å²) in [5.74, 6) is 1.25. The van der Waals surface area contributed by atoms with Gasteiger partial charge < -0.3 is 5.32 Å². The lowest BCUT2D eigenvalue weighted by Crippen LogP contribution is -2.28. The Bertz CT molecular complexity index is 260. The summed E-state index contributed by atoms with van der Waals surface area (Å²) in [4.78, 5) is 0. The molecule has 0 spiro atoms. The second kappa shape index (κ2) is 8.07. The van der Waals surface area contributed by atoms with Crippen LogP contribution < -0.4 is 5.32 Å². The molecule has 0 aliphatic heterocycles. The van der Waals surface area contributed by atoms with Crippen molar-refractivity contribution in [3.8, 4) is 0 Å². The standard InChI is InChI=1S/C12H27NO2S/c1-5-8-16(14,15)9-6-7-12(4)10-13-11(2)3/h11-13H,5-10H2,1-4H3. The van der Waals surface area contributed by atoms with Gasteiger partial charge in [-0.15, -0.1) is 0 Å². The minimum Gasteiger partial charge on any atom is -0.314 e. The minimum atomic E-state index is -2.78. The van der Waals surface area contributed by atoms with Crippen molar-refractivity contribution in [1.82, 2.24) is 5.32 Å².